The van der Waals surface area contributed by atoms with Gasteiger partial charge in [-0.25, -0.2) is 0 Å². The Morgan fingerprint density at radius 1 is 1.07 bits per heavy atom. The van der Waals surface area contributed by atoms with Crippen LogP contribution in [0.5, 0.6) is 17.2 Å². The van der Waals surface area contributed by atoms with E-state index in [-0.39, 0.29) is 24.5 Å². The molecule has 2 amide bonds. The largest absolute Gasteiger partial charge is 0.496 e. The molecule has 30 heavy (non-hydrogen) atoms. The maximum absolute atomic E-state index is 13.0. The number of hydrogen-bond donors (Lipinski definition) is 0. The van der Waals surface area contributed by atoms with Gasteiger partial charge < -0.3 is 14.2 Å². The number of carbonyl (C=O) groups excluding carboxylic acids is 2. The van der Waals surface area contributed by atoms with E-state index in [9.17, 15) is 9.59 Å². The summed E-state index contributed by atoms with van der Waals surface area (Å²) < 4.78 is 16.2. The zero-order valence-corrected chi connectivity index (χ0v) is 16.9. The van der Waals surface area contributed by atoms with E-state index in [2.05, 4.69) is 0 Å². The van der Waals surface area contributed by atoms with Crippen LogP contribution in [0, 0.1) is 0 Å². The number of rotatable bonds is 4. The molecule has 5 rings (SSSR count). The summed E-state index contributed by atoms with van der Waals surface area (Å²) in [7, 11) is 1.54. The van der Waals surface area contributed by atoms with E-state index in [1.165, 1.54) is 4.90 Å². The van der Waals surface area contributed by atoms with Crippen LogP contribution in [0.4, 0.5) is 4.79 Å². The molecule has 0 saturated carbocycles. The first-order chi connectivity index (χ1) is 14.6. The first-order valence-electron chi connectivity index (χ1n) is 9.33. The number of methoxy groups -OCH3 is 1. The number of carbonyl (C=O) groups is 2. The molecule has 0 radical (unpaired) electrons. The molecule has 0 atom stereocenters. The second-order valence-electron chi connectivity index (χ2n) is 6.85. The van der Waals surface area contributed by atoms with Crippen molar-refractivity contribution in [2.45, 2.75) is 6.54 Å². The van der Waals surface area contributed by atoms with Gasteiger partial charge in [-0.05, 0) is 40.2 Å². The Morgan fingerprint density at radius 2 is 1.83 bits per heavy atom. The molecule has 0 aliphatic carbocycles. The van der Waals surface area contributed by atoms with Crippen LogP contribution in [-0.2, 0) is 11.3 Å². The molecule has 3 aromatic rings. The average Bonchev–Trinajstić information content (AvgIpc) is 3.32. The minimum Gasteiger partial charge on any atom is -0.496 e. The standard InChI is InChI=1S/C23H17NO5S/c1-27-18-11-20-19(28-13-29-20)9-16(18)10-21-22(25)24(23(26)30-21)12-15-7-4-6-14-5-2-3-8-17(14)15/h2-11H,12-13H2,1H3/b21-10+. The third kappa shape index (κ3) is 3.17. The number of nitrogens with zero attached hydrogens (tertiary/aromatic N) is 1. The van der Waals surface area contributed by atoms with Gasteiger partial charge in [-0.3, -0.25) is 14.5 Å². The fourth-order valence-electron chi connectivity index (χ4n) is 3.61. The van der Waals surface area contributed by atoms with Crippen molar-refractivity contribution in [1.82, 2.24) is 4.90 Å². The molecule has 3 aromatic carbocycles. The van der Waals surface area contributed by atoms with E-state index in [0.29, 0.717) is 27.7 Å². The quantitative estimate of drug-likeness (QED) is 0.566. The van der Waals surface area contributed by atoms with Gasteiger partial charge in [0.15, 0.2) is 11.5 Å². The zero-order chi connectivity index (χ0) is 20.7. The number of amides is 2. The fraction of sp³-hybridized carbons (Fsp3) is 0.130. The number of ether oxygens (including phenoxy) is 3. The smallest absolute Gasteiger partial charge is 0.293 e. The number of imide groups is 1. The first kappa shape index (κ1) is 18.6. The molecule has 1 saturated heterocycles. The summed E-state index contributed by atoms with van der Waals surface area (Å²) in [6.07, 6.45) is 1.66. The molecule has 150 valence electrons. The van der Waals surface area contributed by atoms with Crippen molar-refractivity contribution in [1.29, 1.82) is 0 Å². The highest BCUT2D eigenvalue weighted by Gasteiger charge is 2.35. The van der Waals surface area contributed by atoms with Crippen molar-refractivity contribution in [2.24, 2.45) is 0 Å². The van der Waals surface area contributed by atoms with Gasteiger partial charge in [0.2, 0.25) is 6.79 Å². The molecule has 1 fully saturated rings. The monoisotopic (exact) mass is 419 g/mol. The Bertz CT molecular complexity index is 1210. The van der Waals surface area contributed by atoms with Crippen molar-refractivity contribution in [3.63, 3.8) is 0 Å². The number of hydrogen-bond acceptors (Lipinski definition) is 6. The minimum absolute atomic E-state index is 0.142. The Labute approximate surface area is 177 Å². The molecular weight excluding hydrogens is 402 g/mol. The molecule has 6 nitrogen and oxygen atoms in total. The van der Waals surface area contributed by atoms with Crippen molar-refractivity contribution >= 4 is 39.8 Å². The lowest BCUT2D eigenvalue weighted by Crippen LogP contribution is -2.27. The summed E-state index contributed by atoms with van der Waals surface area (Å²) in [5.41, 5.74) is 1.58. The van der Waals surface area contributed by atoms with Crippen LogP contribution in [0.15, 0.2) is 59.5 Å². The van der Waals surface area contributed by atoms with Gasteiger partial charge in [0.1, 0.15) is 5.75 Å². The molecule has 0 unspecified atom stereocenters. The fourth-order valence-corrected chi connectivity index (χ4v) is 4.44. The molecule has 7 heteroatoms. The Kier molecular flexibility index (Phi) is 4.59. The highest BCUT2D eigenvalue weighted by molar-refractivity contribution is 8.18. The van der Waals surface area contributed by atoms with Crippen LogP contribution in [0.25, 0.3) is 16.8 Å². The Hall–Kier alpha value is -3.45. The summed E-state index contributed by atoms with van der Waals surface area (Å²) >= 11 is 0.925. The molecule has 2 aliphatic heterocycles. The summed E-state index contributed by atoms with van der Waals surface area (Å²) in [6.45, 7) is 0.366. The third-order valence-corrected chi connectivity index (χ3v) is 6.00. The lowest BCUT2D eigenvalue weighted by Gasteiger charge is -2.14. The van der Waals surface area contributed by atoms with Gasteiger partial charge >= 0.3 is 0 Å². The van der Waals surface area contributed by atoms with Crippen LogP contribution in [0.2, 0.25) is 0 Å². The average molecular weight is 419 g/mol. The second kappa shape index (κ2) is 7.42. The van der Waals surface area contributed by atoms with Gasteiger partial charge in [-0.15, -0.1) is 0 Å². The molecular formula is C23H17NO5S. The molecule has 2 aliphatic rings. The van der Waals surface area contributed by atoms with E-state index >= 15 is 0 Å². The molecule has 0 N–H and O–H groups in total. The van der Waals surface area contributed by atoms with E-state index in [1.54, 1.807) is 25.3 Å². The van der Waals surface area contributed by atoms with Crippen LogP contribution < -0.4 is 14.2 Å². The molecule has 0 spiro atoms. The van der Waals surface area contributed by atoms with Crippen molar-refractivity contribution in [2.75, 3.05) is 13.9 Å². The SMILES string of the molecule is COc1cc2c(cc1/C=C1/SC(=O)N(Cc3cccc4ccccc34)C1=O)OCO2. The topological polar surface area (TPSA) is 65.1 Å². The van der Waals surface area contributed by atoms with Crippen molar-refractivity contribution in [3.05, 3.63) is 70.6 Å². The highest BCUT2D eigenvalue weighted by Crippen LogP contribution is 2.41. The zero-order valence-electron chi connectivity index (χ0n) is 16.1. The summed E-state index contributed by atoms with van der Waals surface area (Å²) in [5.74, 6) is 1.39. The normalized spacial score (nSPS) is 16.7. The van der Waals surface area contributed by atoms with E-state index in [0.717, 1.165) is 28.1 Å². The Balaban J connectivity index is 1.46. The van der Waals surface area contributed by atoms with Crippen molar-refractivity contribution in [3.8, 4) is 17.2 Å². The van der Waals surface area contributed by atoms with E-state index in [4.69, 9.17) is 14.2 Å². The van der Waals surface area contributed by atoms with E-state index in [1.807, 2.05) is 42.5 Å². The number of benzene rings is 3. The van der Waals surface area contributed by atoms with E-state index < -0.39 is 0 Å². The lowest BCUT2D eigenvalue weighted by molar-refractivity contribution is -0.123. The number of thioether (sulfide) groups is 1. The van der Waals surface area contributed by atoms with Crippen LogP contribution in [-0.4, -0.2) is 29.9 Å². The van der Waals surface area contributed by atoms with Gasteiger partial charge in [-0.1, -0.05) is 42.5 Å². The predicted octanol–water partition coefficient (Wildman–Crippen LogP) is 4.81. The van der Waals surface area contributed by atoms with Crippen molar-refractivity contribution < 1.29 is 23.8 Å². The third-order valence-electron chi connectivity index (χ3n) is 5.09. The lowest BCUT2D eigenvalue weighted by atomic mass is 10.0. The van der Waals surface area contributed by atoms with Gasteiger partial charge in [0, 0.05) is 11.6 Å². The molecule has 0 bridgehead atoms. The maximum Gasteiger partial charge on any atom is 0.293 e. The Morgan fingerprint density at radius 3 is 2.67 bits per heavy atom. The van der Waals surface area contributed by atoms with Gasteiger partial charge in [0.25, 0.3) is 11.1 Å². The first-order valence-corrected chi connectivity index (χ1v) is 10.2. The summed E-state index contributed by atoms with van der Waals surface area (Å²) in [6, 6.07) is 17.3. The second-order valence-corrected chi connectivity index (χ2v) is 7.85. The summed E-state index contributed by atoms with van der Waals surface area (Å²) in [5, 5.41) is 1.81. The summed E-state index contributed by atoms with van der Waals surface area (Å²) in [4.78, 5) is 27.3. The van der Waals surface area contributed by atoms with Gasteiger partial charge in [-0.2, -0.15) is 0 Å². The van der Waals surface area contributed by atoms with Crippen LogP contribution in [0.3, 0.4) is 0 Å². The van der Waals surface area contributed by atoms with Gasteiger partial charge in [0.05, 0.1) is 18.6 Å². The molecule has 0 aromatic heterocycles. The predicted molar refractivity (Wildman–Crippen MR) is 115 cm³/mol. The van der Waals surface area contributed by atoms with Crippen LogP contribution >= 0.6 is 11.8 Å². The number of fused-ring (bicyclic) bond motifs is 2. The molecule has 2 heterocycles. The maximum atomic E-state index is 13.0. The highest BCUT2D eigenvalue weighted by atomic mass is 32.2. The minimum atomic E-state index is -0.322. The van der Waals surface area contributed by atoms with Crippen LogP contribution in [0.1, 0.15) is 11.1 Å².